The molecule has 1 aliphatic heterocycles. The minimum atomic E-state index is -0.437. The third-order valence-electron chi connectivity index (χ3n) is 4.27. The van der Waals surface area contributed by atoms with Crippen LogP contribution in [0.5, 0.6) is 0 Å². The van der Waals surface area contributed by atoms with Gasteiger partial charge in [-0.15, -0.1) is 11.8 Å². The van der Waals surface area contributed by atoms with E-state index in [0.717, 1.165) is 21.6 Å². The number of anilines is 1. The van der Waals surface area contributed by atoms with E-state index in [1.54, 1.807) is 0 Å². The molecule has 0 fully saturated rings. The molecule has 26 heavy (non-hydrogen) atoms. The van der Waals surface area contributed by atoms with Crippen LogP contribution in [0.25, 0.3) is 11.0 Å². The molecule has 3 N–H and O–H groups in total. The number of thioether (sulfide) groups is 1. The number of benzene rings is 2. The monoisotopic (exact) mass is 366 g/mol. The number of aromatic nitrogens is 2. The highest BCUT2D eigenvalue weighted by Gasteiger charge is 2.29. The number of para-hydroxylation sites is 3. The van der Waals surface area contributed by atoms with E-state index in [1.165, 1.54) is 11.8 Å². The summed E-state index contributed by atoms with van der Waals surface area (Å²) in [6.45, 7) is 1.87. The van der Waals surface area contributed by atoms with Crippen molar-refractivity contribution in [2.75, 3.05) is 5.32 Å². The zero-order valence-electron chi connectivity index (χ0n) is 14.2. The maximum absolute atomic E-state index is 12.4. The van der Waals surface area contributed by atoms with Crippen LogP contribution in [0.1, 0.15) is 25.2 Å². The molecule has 2 amide bonds. The van der Waals surface area contributed by atoms with Crippen LogP contribution < -0.4 is 10.6 Å². The number of rotatable bonds is 4. The molecule has 2 atom stereocenters. The van der Waals surface area contributed by atoms with E-state index >= 15 is 0 Å². The maximum Gasteiger partial charge on any atom is 0.238 e. The second kappa shape index (κ2) is 6.84. The Kier molecular flexibility index (Phi) is 4.38. The average molecular weight is 366 g/mol. The molecule has 1 aromatic heterocycles. The molecule has 0 aliphatic carbocycles. The van der Waals surface area contributed by atoms with Gasteiger partial charge in [0.05, 0.1) is 28.0 Å². The van der Waals surface area contributed by atoms with Gasteiger partial charge in [0.1, 0.15) is 5.82 Å². The molecule has 132 valence electrons. The fourth-order valence-electron chi connectivity index (χ4n) is 2.94. The number of imidazole rings is 1. The molecule has 0 saturated carbocycles. The normalized spacial score (nSPS) is 17.4. The van der Waals surface area contributed by atoms with E-state index in [2.05, 4.69) is 20.6 Å². The lowest BCUT2D eigenvalue weighted by molar-refractivity contribution is -0.124. The van der Waals surface area contributed by atoms with E-state index < -0.39 is 5.25 Å². The predicted molar refractivity (Wildman–Crippen MR) is 102 cm³/mol. The zero-order chi connectivity index (χ0) is 18.1. The summed E-state index contributed by atoms with van der Waals surface area (Å²) in [6, 6.07) is 15.1. The van der Waals surface area contributed by atoms with Gasteiger partial charge in [0.2, 0.25) is 11.8 Å². The van der Waals surface area contributed by atoms with Gasteiger partial charge in [-0.25, -0.2) is 4.98 Å². The molecule has 3 aromatic rings. The minimum Gasteiger partial charge on any atom is -0.346 e. The first-order valence-electron chi connectivity index (χ1n) is 8.41. The topological polar surface area (TPSA) is 86.9 Å². The third kappa shape index (κ3) is 3.30. The lowest BCUT2D eigenvalue weighted by atomic mass is 10.2. The summed E-state index contributed by atoms with van der Waals surface area (Å²) in [7, 11) is 0. The first-order valence-corrected chi connectivity index (χ1v) is 9.28. The molecule has 0 unspecified atom stereocenters. The Morgan fingerprint density at radius 2 is 2.00 bits per heavy atom. The van der Waals surface area contributed by atoms with Crippen molar-refractivity contribution in [2.45, 2.75) is 29.5 Å². The number of carbonyl (C=O) groups excluding carboxylic acids is 2. The Morgan fingerprint density at radius 1 is 1.23 bits per heavy atom. The van der Waals surface area contributed by atoms with Gasteiger partial charge in [0, 0.05) is 11.3 Å². The van der Waals surface area contributed by atoms with Crippen molar-refractivity contribution in [1.29, 1.82) is 0 Å². The fourth-order valence-corrected chi connectivity index (χ4v) is 4.05. The van der Waals surface area contributed by atoms with Crippen LogP contribution in [0.3, 0.4) is 0 Å². The van der Waals surface area contributed by atoms with Gasteiger partial charge in [0.25, 0.3) is 0 Å². The Labute approximate surface area is 154 Å². The van der Waals surface area contributed by atoms with Gasteiger partial charge in [-0.1, -0.05) is 24.3 Å². The van der Waals surface area contributed by atoms with E-state index in [4.69, 9.17) is 0 Å². The summed E-state index contributed by atoms with van der Waals surface area (Å²) in [5, 5.41) is 5.35. The Morgan fingerprint density at radius 3 is 2.85 bits per heavy atom. The average Bonchev–Trinajstić information content (AvgIpc) is 3.06. The van der Waals surface area contributed by atoms with Crippen LogP contribution in [-0.2, 0) is 9.59 Å². The molecular formula is C19H18N4O2S. The number of H-pyrrole nitrogens is 1. The Bertz CT molecular complexity index is 951. The van der Waals surface area contributed by atoms with Gasteiger partial charge in [-0.05, 0) is 31.2 Å². The molecule has 7 heteroatoms. The predicted octanol–water partition coefficient (Wildman–Crippen LogP) is 3.24. The Balaban J connectivity index is 1.41. The fraction of sp³-hybridized carbons (Fsp3) is 0.211. The van der Waals surface area contributed by atoms with Crippen LogP contribution in [0.15, 0.2) is 53.4 Å². The highest BCUT2D eigenvalue weighted by molar-refractivity contribution is 8.01. The van der Waals surface area contributed by atoms with Gasteiger partial charge < -0.3 is 15.6 Å². The van der Waals surface area contributed by atoms with Crippen LogP contribution in [0.4, 0.5) is 5.69 Å². The largest absolute Gasteiger partial charge is 0.346 e. The number of hydrogen-bond donors (Lipinski definition) is 3. The lowest BCUT2D eigenvalue weighted by Gasteiger charge is -2.24. The van der Waals surface area contributed by atoms with E-state index in [0.29, 0.717) is 5.82 Å². The summed E-state index contributed by atoms with van der Waals surface area (Å²) < 4.78 is 0. The molecule has 0 spiro atoms. The summed E-state index contributed by atoms with van der Waals surface area (Å²) in [6.07, 6.45) is 0.120. The molecule has 2 heterocycles. The van der Waals surface area contributed by atoms with Crippen molar-refractivity contribution >= 4 is 40.3 Å². The summed E-state index contributed by atoms with van der Waals surface area (Å²) in [4.78, 5) is 33.4. The van der Waals surface area contributed by atoms with Crippen LogP contribution in [0.2, 0.25) is 0 Å². The first-order chi connectivity index (χ1) is 12.6. The highest BCUT2D eigenvalue weighted by atomic mass is 32.2. The number of nitrogens with one attached hydrogen (secondary N) is 3. The molecule has 2 aromatic carbocycles. The van der Waals surface area contributed by atoms with Gasteiger partial charge >= 0.3 is 0 Å². The molecule has 1 aliphatic rings. The molecule has 0 bridgehead atoms. The first kappa shape index (κ1) is 16.7. The molecule has 6 nitrogen and oxygen atoms in total. The van der Waals surface area contributed by atoms with E-state index in [-0.39, 0.29) is 24.3 Å². The van der Waals surface area contributed by atoms with Gasteiger partial charge in [-0.3, -0.25) is 9.59 Å². The minimum absolute atomic E-state index is 0.120. The van der Waals surface area contributed by atoms with Gasteiger partial charge in [-0.2, -0.15) is 0 Å². The zero-order valence-corrected chi connectivity index (χ0v) is 15.0. The van der Waals surface area contributed by atoms with Crippen LogP contribution >= 0.6 is 11.8 Å². The second-order valence-electron chi connectivity index (χ2n) is 6.22. The van der Waals surface area contributed by atoms with Crippen LogP contribution in [-0.4, -0.2) is 27.0 Å². The molecule has 4 rings (SSSR count). The maximum atomic E-state index is 12.4. The lowest BCUT2D eigenvalue weighted by Crippen LogP contribution is -2.36. The van der Waals surface area contributed by atoms with Crippen molar-refractivity contribution in [2.24, 2.45) is 0 Å². The quantitative estimate of drug-likeness (QED) is 0.661. The van der Waals surface area contributed by atoms with Crippen LogP contribution in [0, 0.1) is 0 Å². The number of hydrogen-bond acceptors (Lipinski definition) is 4. The standard InChI is InChI=1S/C19H18N4O2S/c1-11(18-21-12-6-2-3-7-13(12)22-18)20-17(24)10-16-19(25)23-14-8-4-5-9-15(14)26-16/h2-9,11,16H,10H2,1H3,(H,20,24)(H,21,22)(H,23,25)/t11-,16-/m1/s1. The van der Waals surface area contributed by atoms with Crippen molar-refractivity contribution in [3.05, 3.63) is 54.4 Å². The SMILES string of the molecule is C[C@@H](NC(=O)C[C@H]1Sc2ccccc2NC1=O)c1nc2ccccc2[nH]1. The van der Waals surface area contributed by atoms with Gasteiger partial charge in [0.15, 0.2) is 0 Å². The Hall–Kier alpha value is -2.80. The summed E-state index contributed by atoms with van der Waals surface area (Å²) in [5.74, 6) is 0.385. The number of carbonyl (C=O) groups is 2. The van der Waals surface area contributed by atoms with Crippen molar-refractivity contribution in [1.82, 2.24) is 15.3 Å². The number of amides is 2. The molecule has 0 saturated heterocycles. The number of nitrogens with zero attached hydrogens (tertiary/aromatic N) is 1. The summed E-state index contributed by atoms with van der Waals surface area (Å²) >= 11 is 1.42. The van der Waals surface area contributed by atoms with E-state index in [9.17, 15) is 9.59 Å². The van der Waals surface area contributed by atoms with Crippen molar-refractivity contribution in [3.63, 3.8) is 0 Å². The summed E-state index contributed by atoms with van der Waals surface area (Å²) in [5.41, 5.74) is 2.60. The molecule has 0 radical (unpaired) electrons. The number of fused-ring (bicyclic) bond motifs is 2. The van der Waals surface area contributed by atoms with Crippen molar-refractivity contribution < 1.29 is 9.59 Å². The van der Waals surface area contributed by atoms with Crippen molar-refractivity contribution in [3.8, 4) is 0 Å². The smallest absolute Gasteiger partial charge is 0.238 e. The second-order valence-corrected chi connectivity index (χ2v) is 7.47. The third-order valence-corrected chi connectivity index (χ3v) is 5.55. The number of aromatic amines is 1. The van der Waals surface area contributed by atoms with E-state index in [1.807, 2.05) is 55.5 Å². The highest BCUT2D eigenvalue weighted by Crippen LogP contribution is 2.36. The molecular weight excluding hydrogens is 348 g/mol.